The first-order chi connectivity index (χ1) is 8.48. The summed E-state index contributed by atoms with van der Waals surface area (Å²) in [5, 5.41) is 6.72. The van der Waals surface area contributed by atoms with Crippen LogP contribution in [0.4, 0.5) is 13.2 Å². The van der Waals surface area contributed by atoms with Crippen LogP contribution >= 0.6 is 0 Å². The second-order valence-electron chi connectivity index (χ2n) is 3.99. The normalized spacial score (nSPS) is 13.8. The van der Waals surface area contributed by atoms with Crippen molar-refractivity contribution in [1.29, 1.82) is 0 Å². The summed E-state index contributed by atoms with van der Waals surface area (Å²) in [6.45, 7) is 1.11. The van der Waals surface area contributed by atoms with Gasteiger partial charge in [-0.2, -0.15) is 18.3 Å². The fourth-order valence-corrected chi connectivity index (χ4v) is 1.77. The summed E-state index contributed by atoms with van der Waals surface area (Å²) in [5.41, 5.74) is 0.547. The highest BCUT2D eigenvalue weighted by molar-refractivity contribution is 5.07. The Hall–Kier alpha value is -1.08. The van der Waals surface area contributed by atoms with Gasteiger partial charge in [-0.3, -0.25) is 4.68 Å². The lowest BCUT2D eigenvalue weighted by Crippen LogP contribution is -2.26. The zero-order valence-corrected chi connectivity index (χ0v) is 10.5. The molecule has 0 saturated carbocycles. The lowest BCUT2D eigenvalue weighted by Gasteiger charge is -2.19. The van der Waals surface area contributed by atoms with E-state index in [1.165, 1.54) is 13.2 Å². The third kappa shape index (κ3) is 4.66. The molecule has 1 aromatic heterocycles. The van der Waals surface area contributed by atoms with Gasteiger partial charge in [0.1, 0.15) is 0 Å². The number of halogens is 3. The average Bonchev–Trinajstić information content (AvgIpc) is 2.73. The molecule has 0 aliphatic heterocycles. The molecule has 0 spiro atoms. The number of nitrogens with one attached hydrogen (secondary N) is 1. The van der Waals surface area contributed by atoms with E-state index in [-0.39, 0.29) is 0 Å². The Morgan fingerprint density at radius 3 is 2.78 bits per heavy atom. The van der Waals surface area contributed by atoms with Crippen molar-refractivity contribution in [2.24, 2.45) is 0 Å². The van der Waals surface area contributed by atoms with E-state index in [9.17, 15) is 13.2 Å². The first-order valence-corrected chi connectivity index (χ1v) is 5.72. The van der Waals surface area contributed by atoms with Gasteiger partial charge in [0.05, 0.1) is 18.2 Å². The van der Waals surface area contributed by atoms with Crippen molar-refractivity contribution in [3.8, 4) is 0 Å². The van der Waals surface area contributed by atoms with Crippen molar-refractivity contribution < 1.29 is 17.9 Å². The highest BCUT2D eigenvalue weighted by atomic mass is 19.4. The lowest BCUT2D eigenvalue weighted by atomic mass is 10.1. The summed E-state index contributed by atoms with van der Waals surface area (Å²) in [5.74, 6) is 0. The number of aromatic nitrogens is 2. The maximum atomic E-state index is 12.4. The number of hydrogen-bond acceptors (Lipinski definition) is 3. The van der Waals surface area contributed by atoms with Gasteiger partial charge in [-0.05, 0) is 19.5 Å². The van der Waals surface area contributed by atoms with Gasteiger partial charge in [0, 0.05) is 26.5 Å². The van der Waals surface area contributed by atoms with Gasteiger partial charge in [-0.1, -0.05) is 0 Å². The van der Waals surface area contributed by atoms with Crippen molar-refractivity contribution in [1.82, 2.24) is 15.1 Å². The summed E-state index contributed by atoms with van der Waals surface area (Å²) in [6.07, 6.45) is -2.87. The quantitative estimate of drug-likeness (QED) is 0.768. The Labute approximate surface area is 104 Å². The van der Waals surface area contributed by atoms with Crippen LogP contribution in [0, 0.1) is 0 Å². The molecule has 1 unspecified atom stereocenters. The van der Waals surface area contributed by atoms with E-state index in [4.69, 9.17) is 4.74 Å². The number of alkyl halides is 3. The standard InChI is InChI=1S/C11H18F3N3O/c1-15-9(8-11(12,13)14)10-4-5-16-17(10)6-3-7-18-2/h4-5,9,15H,3,6-8H2,1-2H3. The minimum absolute atomic E-state index is 0.547. The van der Waals surface area contributed by atoms with Crippen LogP contribution in [0.15, 0.2) is 12.3 Å². The highest BCUT2D eigenvalue weighted by Gasteiger charge is 2.33. The molecule has 104 valence electrons. The third-order valence-corrected chi connectivity index (χ3v) is 2.61. The van der Waals surface area contributed by atoms with E-state index in [1.807, 2.05) is 0 Å². The van der Waals surface area contributed by atoms with Crippen LogP contribution in [-0.2, 0) is 11.3 Å². The zero-order chi connectivity index (χ0) is 13.6. The molecule has 18 heavy (non-hydrogen) atoms. The monoisotopic (exact) mass is 265 g/mol. The Bertz CT molecular complexity index is 352. The molecular weight excluding hydrogens is 247 g/mol. The maximum Gasteiger partial charge on any atom is 0.390 e. The Kier molecular flexibility index (Phi) is 5.61. The predicted octanol–water partition coefficient (Wildman–Crippen LogP) is 2.13. The summed E-state index contributed by atoms with van der Waals surface area (Å²) in [4.78, 5) is 0. The van der Waals surface area contributed by atoms with Crippen LogP contribution in [0.1, 0.15) is 24.6 Å². The second-order valence-corrected chi connectivity index (χ2v) is 3.99. The van der Waals surface area contributed by atoms with E-state index in [2.05, 4.69) is 10.4 Å². The molecule has 0 aromatic carbocycles. The second kappa shape index (κ2) is 6.75. The molecule has 0 fully saturated rings. The number of ether oxygens (including phenoxy) is 1. The number of nitrogens with zero attached hydrogens (tertiary/aromatic N) is 2. The molecular formula is C11H18F3N3O. The van der Waals surface area contributed by atoms with Crippen molar-refractivity contribution >= 4 is 0 Å². The molecule has 0 saturated heterocycles. The molecule has 0 bridgehead atoms. The molecule has 4 nitrogen and oxygen atoms in total. The molecule has 0 radical (unpaired) electrons. The van der Waals surface area contributed by atoms with E-state index in [0.29, 0.717) is 25.3 Å². The van der Waals surface area contributed by atoms with Gasteiger partial charge in [-0.15, -0.1) is 0 Å². The fraction of sp³-hybridized carbons (Fsp3) is 0.727. The van der Waals surface area contributed by atoms with E-state index >= 15 is 0 Å². The van der Waals surface area contributed by atoms with Crippen molar-refractivity contribution in [2.45, 2.75) is 31.6 Å². The maximum absolute atomic E-state index is 12.4. The van der Waals surface area contributed by atoms with Crippen molar-refractivity contribution in [2.75, 3.05) is 20.8 Å². The fourth-order valence-electron chi connectivity index (χ4n) is 1.77. The topological polar surface area (TPSA) is 39.1 Å². The molecule has 1 aromatic rings. The van der Waals surface area contributed by atoms with E-state index < -0.39 is 18.6 Å². The van der Waals surface area contributed by atoms with Gasteiger partial charge in [-0.25, -0.2) is 0 Å². The van der Waals surface area contributed by atoms with Gasteiger partial charge in [0.2, 0.25) is 0 Å². The predicted molar refractivity (Wildman–Crippen MR) is 61.2 cm³/mol. The SMILES string of the molecule is CNC(CC(F)(F)F)c1ccnn1CCCOC. The van der Waals surface area contributed by atoms with Crippen molar-refractivity contribution in [3.05, 3.63) is 18.0 Å². The molecule has 0 aliphatic carbocycles. The van der Waals surface area contributed by atoms with E-state index in [1.54, 1.807) is 17.9 Å². The number of aryl methyl sites for hydroxylation is 1. The molecule has 1 N–H and O–H groups in total. The highest BCUT2D eigenvalue weighted by Crippen LogP contribution is 2.29. The molecule has 0 aliphatic rings. The van der Waals surface area contributed by atoms with Crippen LogP contribution in [0.5, 0.6) is 0 Å². The molecule has 0 amide bonds. The van der Waals surface area contributed by atoms with Crippen LogP contribution in [-0.4, -0.2) is 36.7 Å². The average molecular weight is 265 g/mol. The van der Waals surface area contributed by atoms with Gasteiger partial charge in [0.25, 0.3) is 0 Å². The zero-order valence-electron chi connectivity index (χ0n) is 10.5. The summed E-state index contributed by atoms with van der Waals surface area (Å²) in [7, 11) is 3.10. The number of rotatable bonds is 7. The minimum atomic E-state index is -4.20. The smallest absolute Gasteiger partial charge is 0.385 e. The molecule has 7 heteroatoms. The molecule has 1 rings (SSSR count). The largest absolute Gasteiger partial charge is 0.390 e. The van der Waals surface area contributed by atoms with Crippen LogP contribution in [0.2, 0.25) is 0 Å². The van der Waals surface area contributed by atoms with Gasteiger partial charge < -0.3 is 10.1 Å². The first kappa shape index (κ1) is 15.0. The summed E-state index contributed by atoms with van der Waals surface area (Å²) < 4.78 is 43.8. The van der Waals surface area contributed by atoms with Gasteiger partial charge >= 0.3 is 6.18 Å². The number of methoxy groups -OCH3 is 1. The lowest BCUT2D eigenvalue weighted by molar-refractivity contribution is -0.140. The summed E-state index contributed by atoms with van der Waals surface area (Å²) >= 11 is 0. The minimum Gasteiger partial charge on any atom is -0.385 e. The Morgan fingerprint density at radius 2 is 2.22 bits per heavy atom. The third-order valence-electron chi connectivity index (χ3n) is 2.61. The molecule has 1 atom stereocenters. The van der Waals surface area contributed by atoms with Crippen LogP contribution in [0.25, 0.3) is 0 Å². The Balaban J connectivity index is 2.70. The van der Waals surface area contributed by atoms with Crippen LogP contribution in [0.3, 0.4) is 0 Å². The first-order valence-electron chi connectivity index (χ1n) is 5.72. The summed E-state index contributed by atoms with van der Waals surface area (Å²) in [6, 6.07) is 0.842. The molecule has 1 heterocycles. The Morgan fingerprint density at radius 1 is 1.50 bits per heavy atom. The van der Waals surface area contributed by atoms with Crippen LogP contribution < -0.4 is 5.32 Å². The number of hydrogen-bond donors (Lipinski definition) is 1. The van der Waals surface area contributed by atoms with Gasteiger partial charge in [0.15, 0.2) is 0 Å². The van der Waals surface area contributed by atoms with E-state index in [0.717, 1.165) is 0 Å². The van der Waals surface area contributed by atoms with Crippen molar-refractivity contribution in [3.63, 3.8) is 0 Å².